The van der Waals surface area contributed by atoms with E-state index < -0.39 is 0 Å². The lowest BCUT2D eigenvalue weighted by Crippen LogP contribution is -2.55. The molecule has 0 unspecified atom stereocenters. The van der Waals surface area contributed by atoms with Gasteiger partial charge in [-0.05, 0) is 11.6 Å². The molecule has 126 valence electrons. The number of anilines is 1. The lowest BCUT2D eigenvalue weighted by atomic mass is 9.91. The Bertz CT molecular complexity index is 818. The SMILES string of the molecule is N#Cc1cncc(N2C[C@@H]3CN(C(=O)OCc4ccccc4)C[C@@H]32)c1. The van der Waals surface area contributed by atoms with Crippen molar-refractivity contribution in [3.63, 3.8) is 0 Å². The fraction of sp³-hybridized carbons (Fsp3) is 0.316. The molecule has 2 fully saturated rings. The molecule has 0 saturated carbocycles. The first-order chi connectivity index (χ1) is 12.2. The first kappa shape index (κ1) is 15.5. The van der Waals surface area contributed by atoms with E-state index in [0.717, 1.165) is 24.3 Å². The summed E-state index contributed by atoms with van der Waals surface area (Å²) in [6.07, 6.45) is 3.07. The standard InChI is InChI=1S/C19H18N4O2/c20-7-15-6-17(9-21-8-15)23-11-16-10-22(12-18(16)23)19(24)25-13-14-4-2-1-3-5-14/h1-6,8-9,16,18H,10-13H2/t16-,18-/m0/s1. The van der Waals surface area contributed by atoms with E-state index in [9.17, 15) is 4.79 Å². The van der Waals surface area contributed by atoms with Gasteiger partial charge in [0.15, 0.2) is 0 Å². The first-order valence-electron chi connectivity index (χ1n) is 8.32. The molecule has 2 aromatic rings. The highest BCUT2D eigenvalue weighted by Crippen LogP contribution is 2.36. The summed E-state index contributed by atoms with van der Waals surface area (Å²) in [6.45, 7) is 2.54. The topological polar surface area (TPSA) is 69.5 Å². The Morgan fingerprint density at radius 2 is 2.08 bits per heavy atom. The number of likely N-dealkylation sites (tertiary alicyclic amines) is 1. The van der Waals surface area contributed by atoms with E-state index in [4.69, 9.17) is 10.00 Å². The van der Waals surface area contributed by atoms with Gasteiger partial charge in [0.25, 0.3) is 0 Å². The number of nitriles is 1. The molecule has 6 heteroatoms. The highest BCUT2D eigenvalue weighted by molar-refractivity contribution is 5.69. The van der Waals surface area contributed by atoms with Gasteiger partial charge < -0.3 is 14.5 Å². The van der Waals surface area contributed by atoms with Gasteiger partial charge in [0.2, 0.25) is 0 Å². The van der Waals surface area contributed by atoms with E-state index in [2.05, 4.69) is 16.0 Å². The summed E-state index contributed by atoms with van der Waals surface area (Å²) in [4.78, 5) is 20.4. The van der Waals surface area contributed by atoms with Crippen LogP contribution in [0.3, 0.4) is 0 Å². The fourth-order valence-electron chi connectivity index (χ4n) is 3.54. The second kappa shape index (κ2) is 6.44. The van der Waals surface area contributed by atoms with Crippen molar-refractivity contribution in [1.29, 1.82) is 5.26 Å². The van der Waals surface area contributed by atoms with Crippen LogP contribution in [0.15, 0.2) is 48.8 Å². The lowest BCUT2D eigenvalue weighted by Gasteiger charge is -2.45. The third kappa shape index (κ3) is 3.01. The smallest absolute Gasteiger partial charge is 0.410 e. The molecule has 2 aliphatic rings. The molecule has 0 spiro atoms. The van der Waals surface area contributed by atoms with Gasteiger partial charge in [-0.15, -0.1) is 0 Å². The molecule has 1 aromatic carbocycles. The van der Waals surface area contributed by atoms with E-state index in [1.807, 2.05) is 36.4 Å². The minimum absolute atomic E-state index is 0.262. The number of rotatable bonds is 3. The first-order valence-corrected chi connectivity index (χ1v) is 8.32. The molecule has 0 N–H and O–H groups in total. The van der Waals surface area contributed by atoms with Gasteiger partial charge in [0.1, 0.15) is 12.7 Å². The van der Waals surface area contributed by atoms with Crippen LogP contribution in [0.2, 0.25) is 0 Å². The lowest BCUT2D eigenvalue weighted by molar-refractivity contribution is 0.103. The van der Waals surface area contributed by atoms with Crippen LogP contribution in [-0.2, 0) is 11.3 Å². The van der Waals surface area contributed by atoms with Crippen molar-refractivity contribution in [1.82, 2.24) is 9.88 Å². The number of fused-ring (bicyclic) bond motifs is 1. The van der Waals surface area contributed by atoms with Crippen LogP contribution in [-0.4, -0.2) is 41.7 Å². The molecular weight excluding hydrogens is 316 g/mol. The summed E-state index contributed by atoms with van der Waals surface area (Å²) < 4.78 is 5.43. The zero-order chi connectivity index (χ0) is 17.2. The average Bonchev–Trinajstić information content (AvgIpc) is 2.98. The maximum atomic E-state index is 12.3. The quantitative estimate of drug-likeness (QED) is 0.862. The van der Waals surface area contributed by atoms with E-state index in [1.165, 1.54) is 0 Å². The average molecular weight is 334 g/mol. The number of hydrogen-bond donors (Lipinski definition) is 0. The van der Waals surface area contributed by atoms with Gasteiger partial charge in [-0.3, -0.25) is 4.98 Å². The Morgan fingerprint density at radius 1 is 1.24 bits per heavy atom. The Hall–Kier alpha value is -3.07. The summed E-state index contributed by atoms with van der Waals surface area (Å²) in [5.74, 6) is 0.454. The molecule has 2 aliphatic heterocycles. The van der Waals surface area contributed by atoms with Crippen LogP contribution in [0.4, 0.5) is 10.5 Å². The van der Waals surface area contributed by atoms with Gasteiger partial charge in [-0.25, -0.2) is 4.79 Å². The highest BCUT2D eigenvalue weighted by Gasteiger charge is 2.47. The predicted molar refractivity (Wildman–Crippen MR) is 91.8 cm³/mol. The Labute approximate surface area is 146 Å². The van der Waals surface area contributed by atoms with E-state index >= 15 is 0 Å². The van der Waals surface area contributed by atoms with Gasteiger partial charge in [0.05, 0.1) is 23.5 Å². The molecule has 6 nitrogen and oxygen atoms in total. The highest BCUT2D eigenvalue weighted by atomic mass is 16.6. The van der Waals surface area contributed by atoms with Gasteiger partial charge in [-0.2, -0.15) is 5.26 Å². The number of ether oxygens (including phenoxy) is 1. The molecule has 3 heterocycles. The summed E-state index contributed by atoms with van der Waals surface area (Å²) in [5, 5.41) is 9.01. The van der Waals surface area contributed by atoms with Crippen LogP contribution in [0.5, 0.6) is 0 Å². The van der Waals surface area contributed by atoms with Crippen LogP contribution in [0.1, 0.15) is 11.1 Å². The van der Waals surface area contributed by atoms with Crippen molar-refractivity contribution < 1.29 is 9.53 Å². The maximum Gasteiger partial charge on any atom is 0.410 e. The van der Waals surface area contributed by atoms with Gasteiger partial charge >= 0.3 is 6.09 Å². The molecule has 0 aliphatic carbocycles. The molecule has 0 radical (unpaired) electrons. The van der Waals surface area contributed by atoms with Crippen molar-refractivity contribution in [3.8, 4) is 6.07 Å². The third-order valence-corrected chi connectivity index (χ3v) is 4.89. The maximum absolute atomic E-state index is 12.3. The Morgan fingerprint density at radius 3 is 2.88 bits per heavy atom. The molecule has 1 aromatic heterocycles. The zero-order valence-electron chi connectivity index (χ0n) is 13.7. The Kier molecular flexibility index (Phi) is 3.98. The van der Waals surface area contributed by atoms with Crippen molar-refractivity contribution in [2.75, 3.05) is 24.5 Å². The van der Waals surface area contributed by atoms with E-state index in [1.54, 1.807) is 17.3 Å². The summed E-state index contributed by atoms with van der Waals surface area (Å²) in [5.41, 5.74) is 2.48. The Balaban J connectivity index is 1.35. The van der Waals surface area contributed by atoms with Crippen LogP contribution in [0, 0.1) is 17.2 Å². The number of benzene rings is 1. The van der Waals surface area contributed by atoms with Crippen molar-refractivity contribution >= 4 is 11.8 Å². The van der Waals surface area contributed by atoms with Crippen molar-refractivity contribution in [2.45, 2.75) is 12.6 Å². The van der Waals surface area contributed by atoms with E-state index in [0.29, 0.717) is 24.6 Å². The number of hydrogen-bond acceptors (Lipinski definition) is 5. The minimum atomic E-state index is -0.262. The number of pyridine rings is 1. The van der Waals surface area contributed by atoms with Crippen molar-refractivity contribution in [2.24, 2.45) is 5.92 Å². The number of amides is 1. The zero-order valence-corrected chi connectivity index (χ0v) is 13.7. The summed E-state index contributed by atoms with van der Waals surface area (Å²) in [6, 6.07) is 13.9. The van der Waals surface area contributed by atoms with Crippen LogP contribution < -0.4 is 4.90 Å². The molecule has 4 rings (SSSR count). The molecule has 2 saturated heterocycles. The molecule has 0 bridgehead atoms. The second-order valence-corrected chi connectivity index (χ2v) is 6.47. The second-order valence-electron chi connectivity index (χ2n) is 6.47. The molecule has 25 heavy (non-hydrogen) atoms. The van der Waals surface area contributed by atoms with Gasteiger partial charge in [0, 0.05) is 31.7 Å². The van der Waals surface area contributed by atoms with E-state index in [-0.39, 0.29) is 12.1 Å². The van der Waals surface area contributed by atoms with Crippen molar-refractivity contribution in [3.05, 3.63) is 59.9 Å². The summed E-state index contributed by atoms with van der Waals surface area (Å²) >= 11 is 0. The van der Waals surface area contributed by atoms with Crippen LogP contribution in [0.25, 0.3) is 0 Å². The number of nitrogens with zero attached hydrogens (tertiary/aromatic N) is 4. The number of aromatic nitrogens is 1. The number of carbonyl (C=O) groups excluding carboxylic acids is 1. The van der Waals surface area contributed by atoms with Crippen LogP contribution >= 0.6 is 0 Å². The fourth-order valence-corrected chi connectivity index (χ4v) is 3.54. The third-order valence-electron chi connectivity index (χ3n) is 4.89. The molecule has 1 amide bonds. The molecular formula is C19H18N4O2. The molecule has 2 atom stereocenters. The predicted octanol–water partition coefficient (Wildman–Crippen LogP) is 2.41. The van der Waals surface area contributed by atoms with Gasteiger partial charge in [-0.1, -0.05) is 30.3 Å². The monoisotopic (exact) mass is 334 g/mol. The minimum Gasteiger partial charge on any atom is -0.445 e. The summed E-state index contributed by atoms with van der Waals surface area (Å²) in [7, 11) is 0. The largest absolute Gasteiger partial charge is 0.445 e. The normalized spacial score (nSPS) is 21.2. The number of carbonyl (C=O) groups is 1.